The van der Waals surface area contributed by atoms with Crippen LogP contribution < -0.4 is 15.1 Å². The maximum Gasteiger partial charge on any atom is 0.451 e. The van der Waals surface area contributed by atoms with Crippen molar-refractivity contribution in [3.63, 3.8) is 0 Å². The van der Waals surface area contributed by atoms with Crippen LogP contribution in [0, 0.1) is 0 Å². The highest BCUT2D eigenvalue weighted by Crippen LogP contribution is 2.36. The average Bonchev–Trinajstić information content (AvgIpc) is 3.55. The molecule has 3 aromatic heterocycles. The number of halogens is 3. The Morgan fingerprint density at radius 2 is 2.06 bits per heavy atom. The number of anilines is 2. The second-order valence-electron chi connectivity index (χ2n) is 8.61. The summed E-state index contributed by atoms with van der Waals surface area (Å²) >= 11 is 1.61. The zero-order valence-electron chi connectivity index (χ0n) is 19.3. The number of carbonyl (C=O) groups excluding carboxylic acids is 1. The maximum atomic E-state index is 13.3. The monoisotopic (exact) mass is 510 g/mol. The van der Waals surface area contributed by atoms with Gasteiger partial charge >= 0.3 is 12.3 Å². The Labute approximate surface area is 203 Å². The second kappa shape index (κ2) is 9.13. The number of carbonyl (C=O) groups is 1. The number of aryl methyl sites for hydroxylation is 1. The van der Waals surface area contributed by atoms with Crippen LogP contribution >= 0.6 is 11.3 Å². The molecule has 3 aromatic rings. The standard InChI is InChI=1S/C21H25F3N8O2S/c1-3-4-13-9-14-16(30-7-8-32-15(11-30)28-29-18(32)21(22,23)24)26-19(27-17(14)35-13)31-6-5-12(10-31)25-20(33)34-2/h9,12H,3-8,10-11H2,1-2H3,(H,25,33)/t12-/m1/s1. The van der Waals surface area contributed by atoms with E-state index in [1.165, 1.54) is 12.0 Å². The Kier molecular flexibility index (Phi) is 6.15. The summed E-state index contributed by atoms with van der Waals surface area (Å²) in [5, 5.41) is 10.9. The fourth-order valence-electron chi connectivity index (χ4n) is 4.53. The third-order valence-corrected chi connectivity index (χ3v) is 7.28. The van der Waals surface area contributed by atoms with Gasteiger partial charge in [-0.05, 0) is 18.9 Å². The highest BCUT2D eigenvalue weighted by atomic mass is 32.1. The van der Waals surface area contributed by atoms with Gasteiger partial charge in [0.1, 0.15) is 10.6 Å². The van der Waals surface area contributed by atoms with Crippen LogP contribution in [0.2, 0.25) is 0 Å². The zero-order chi connectivity index (χ0) is 24.7. The maximum absolute atomic E-state index is 13.3. The first kappa shape index (κ1) is 23.6. The molecule has 0 spiro atoms. The van der Waals surface area contributed by atoms with Crippen molar-refractivity contribution in [3.05, 3.63) is 22.6 Å². The van der Waals surface area contributed by atoms with Crippen LogP contribution in [0.15, 0.2) is 6.07 Å². The molecule has 0 aromatic carbocycles. The van der Waals surface area contributed by atoms with Gasteiger partial charge in [-0.3, -0.25) is 0 Å². The smallest absolute Gasteiger partial charge is 0.451 e. The molecule has 0 saturated carbocycles. The number of rotatable bonds is 5. The zero-order valence-corrected chi connectivity index (χ0v) is 20.1. The van der Waals surface area contributed by atoms with Crippen molar-refractivity contribution < 1.29 is 22.7 Å². The quantitative estimate of drug-likeness (QED) is 0.559. The minimum Gasteiger partial charge on any atom is -0.453 e. The van der Waals surface area contributed by atoms with Crippen LogP contribution in [-0.4, -0.2) is 63.6 Å². The molecule has 0 bridgehead atoms. The van der Waals surface area contributed by atoms with Gasteiger partial charge in [0, 0.05) is 31.1 Å². The molecule has 14 heteroatoms. The van der Waals surface area contributed by atoms with Gasteiger partial charge in [0.2, 0.25) is 11.8 Å². The number of nitrogens with zero attached hydrogens (tertiary/aromatic N) is 7. The SMILES string of the molecule is CCCc1cc2c(N3CCn4c(nnc4C(F)(F)F)C3)nc(N3CC[C@@H](NC(=O)OC)C3)nc2s1. The first-order valence-corrected chi connectivity index (χ1v) is 12.2. The molecule has 2 aliphatic rings. The van der Waals surface area contributed by atoms with Crippen LogP contribution in [0.4, 0.5) is 29.7 Å². The molecule has 1 atom stereocenters. The van der Waals surface area contributed by atoms with E-state index in [2.05, 4.69) is 28.5 Å². The fourth-order valence-corrected chi connectivity index (χ4v) is 5.65. The number of methoxy groups -OCH3 is 1. The summed E-state index contributed by atoms with van der Waals surface area (Å²) in [6, 6.07) is 1.99. The molecular weight excluding hydrogens is 485 g/mol. The predicted molar refractivity (Wildman–Crippen MR) is 124 cm³/mol. The van der Waals surface area contributed by atoms with Crippen LogP contribution in [-0.2, 0) is 30.4 Å². The number of fused-ring (bicyclic) bond motifs is 2. The molecule has 10 nitrogen and oxygen atoms in total. The summed E-state index contributed by atoms with van der Waals surface area (Å²) < 4.78 is 45.7. The summed E-state index contributed by atoms with van der Waals surface area (Å²) in [5.74, 6) is 0.498. The van der Waals surface area contributed by atoms with E-state index in [9.17, 15) is 18.0 Å². The summed E-state index contributed by atoms with van der Waals surface area (Å²) in [5.41, 5.74) is 0. The van der Waals surface area contributed by atoms with Crippen molar-refractivity contribution in [3.8, 4) is 0 Å². The van der Waals surface area contributed by atoms with Crippen molar-refractivity contribution in [1.29, 1.82) is 0 Å². The summed E-state index contributed by atoms with van der Waals surface area (Å²) in [7, 11) is 1.33. The molecule has 1 N–H and O–H groups in total. The normalized spacial score (nSPS) is 18.3. The topological polar surface area (TPSA) is 101 Å². The molecule has 0 radical (unpaired) electrons. The van der Waals surface area contributed by atoms with Crippen molar-refractivity contribution in [2.45, 2.75) is 51.5 Å². The van der Waals surface area contributed by atoms with E-state index in [4.69, 9.17) is 14.7 Å². The Morgan fingerprint density at radius 3 is 2.80 bits per heavy atom. The van der Waals surface area contributed by atoms with E-state index in [0.717, 1.165) is 34.0 Å². The van der Waals surface area contributed by atoms with Crippen LogP contribution in [0.1, 0.15) is 36.3 Å². The van der Waals surface area contributed by atoms with Crippen LogP contribution in [0.25, 0.3) is 10.2 Å². The Balaban J connectivity index is 1.47. The van der Waals surface area contributed by atoms with Crippen LogP contribution in [0.3, 0.4) is 0 Å². The number of thiophene rings is 1. The molecule has 188 valence electrons. The second-order valence-corrected chi connectivity index (χ2v) is 9.72. The Hall–Kier alpha value is -3.16. The molecule has 2 aliphatic heterocycles. The van der Waals surface area contributed by atoms with E-state index in [0.29, 0.717) is 31.4 Å². The number of amides is 1. The van der Waals surface area contributed by atoms with E-state index in [-0.39, 0.29) is 25.0 Å². The lowest BCUT2D eigenvalue weighted by molar-refractivity contribution is -0.147. The number of hydrogen-bond acceptors (Lipinski definition) is 9. The molecular formula is C21H25F3N8O2S. The predicted octanol–water partition coefficient (Wildman–Crippen LogP) is 3.21. The van der Waals surface area contributed by atoms with Gasteiger partial charge in [0.25, 0.3) is 0 Å². The van der Waals surface area contributed by atoms with Gasteiger partial charge in [0.05, 0.1) is 25.1 Å². The first-order valence-electron chi connectivity index (χ1n) is 11.4. The minimum atomic E-state index is -4.55. The number of ether oxygens (including phenoxy) is 1. The van der Waals surface area contributed by atoms with Crippen molar-refractivity contribution in [2.75, 3.05) is 36.5 Å². The lowest BCUT2D eigenvalue weighted by atomic mass is 10.2. The molecule has 1 fully saturated rings. The molecule has 5 heterocycles. The molecule has 1 saturated heterocycles. The number of alkyl carbamates (subject to hydrolysis) is 1. The molecule has 35 heavy (non-hydrogen) atoms. The number of hydrogen-bond donors (Lipinski definition) is 1. The highest BCUT2D eigenvalue weighted by Gasteiger charge is 2.40. The van der Waals surface area contributed by atoms with Crippen LogP contribution in [0.5, 0.6) is 0 Å². The molecule has 0 aliphatic carbocycles. The average molecular weight is 511 g/mol. The number of aromatic nitrogens is 5. The Morgan fingerprint density at radius 1 is 1.23 bits per heavy atom. The van der Waals surface area contributed by atoms with Gasteiger partial charge in [-0.25, -0.2) is 9.78 Å². The van der Waals surface area contributed by atoms with Gasteiger partial charge in [-0.1, -0.05) is 13.3 Å². The minimum absolute atomic E-state index is 0.0847. The van der Waals surface area contributed by atoms with Gasteiger partial charge < -0.3 is 24.4 Å². The van der Waals surface area contributed by atoms with E-state index >= 15 is 0 Å². The summed E-state index contributed by atoms with van der Waals surface area (Å²) in [4.78, 5) is 27.3. The number of alkyl halides is 3. The van der Waals surface area contributed by atoms with E-state index in [1.807, 2.05) is 9.80 Å². The Bertz CT molecular complexity index is 1240. The summed E-state index contributed by atoms with van der Waals surface area (Å²) in [6.45, 7) is 3.92. The lowest BCUT2D eigenvalue weighted by Crippen LogP contribution is -2.38. The third-order valence-electron chi connectivity index (χ3n) is 6.19. The first-order chi connectivity index (χ1) is 16.8. The summed E-state index contributed by atoms with van der Waals surface area (Å²) in [6.07, 6.45) is -2.40. The van der Waals surface area contributed by atoms with Crippen molar-refractivity contribution in [2.24, 2.45) is 0 Å². The fraction of sp³-hybridized carbons (Fsp3) is 0.571. The molecule has 5 rings (SSSR count). The molecule has 0 unspecified atom stereocenters. The molecule has 1 amide bonds. The third kappa shape index (κ3) is 4.58. The number of nitrogens with one attached hydrogen (secondary N) is 1. The highest BCUT2D eigenvalue weighted by molar-refractivity contribution is 7.18. The van der Waals surface area contributed by atoms with Crippen molar-refractivity contribution >= 4 is 39.4 Å². The van der Waals surface area contributed by atoms with Crippen molar-refractivity contribution in [1.82, 2.24) is 30.0 Å². The largest absolute Gasteiger partial charge is 0.453 e. The van der Waals surface area contributed by atoms with Gasteiger partial charge in [-0.15, -0.1) is 21.5 Å². The van der Waals surface area contributed by atoms with E-state index in [1.54, 1.807) is 11.3 Å². The lowest BCUT2D eigenvalue weighted by Gasteiger charge is -2.30. The van der Waals surface area contributed by atoms with E-state index < -0.39 is 18.1 Å². The van der Waals surface area contributed by atoms with Gasteiger partial charge in [0.15, 0.2) is 5.82 Å². The van der Waals surface area contributed by atoms with Gasteiger partial charge in [-0.2, -0.15) is 18.2 Å².